The number of nitrogens with zero attached hydrogens (tertiary/aromatic N) is 3. The van der Waals surface area contributed by atoms with Crippen LogP contribution in [0.2, 0.25) is 5.02 Å². The van der Waals surface area contributed by atoms with Crippen molar-refractivity contribution >= 4 is 53.3 Å². The highest BCUT2D eigenvalue weighted by molar-refractivity contribution is 14.0. The van der Waals surface area contributed by atoms with Gasteiger partial charge in [0.1, 0.15) is 12.4 Å². The fourth-order valence-corrected chi connectivity index (χ4v) is 4.79. The molecule has 9 heteroatoms. The summed E-state index contributed by atoms with van der Waals surface area (Å²) in [5.74, 6) is 3.59. The van der Waals surface area contributed by atoms with Gasteiger partial charge in [0.15, 0.2) is 5.96 Å². The van der Waals surface area contributed by atoms with Crippen molar-refractivity contribution in [3.63, 3.8) is 0 Å². The minimum atomic E-state index is -0.633. The van der Waals surface area contributed by atoms with Gasteiger partial charge in [0.25, 0.3) is 0 Å². The van der Waals surface area contributed by atoms with E-state index in [2.05, 4.69) is 22.0 Å². The summed E-state index contributed by atoms with van der Waals surface area (Å²) in [4.78, 5) is 9.45. The summed E-state index contributed by atoms with van der Waals surface area (Å²) in [7, 11) is 0. The third-order valence-electron chi connectivity index (χ3n) is 5.10. The molecule has 0 spiro atoms. The van der Waals surface area contributed by atoms with Crippen LogP contribution in [-0.4, -0.2) is 90.4 Å². The van der Waals surface area contributed by atoms with Crippen LogP contribution >= 0.6 is 47.3 Å². The zero-order chi connectivity index (χ0) is 19.8. The maximum absolute atomic E-state index is 10.6. The second kappa shape index (κ2) is 12.4. The van der Waals surface area contributed by atoms with Crippen molar-refractivity contribution in [3.05, 3.63) is 29.3 Å². The number of guanidine groups is 1. The number of nitrogens with one attached hydrogen (secondary N) is 1. The van der Waals surface area contributed by atoms with E-state index in [0.29, 0.717) is 13.2 Å². The highest BCUT2D eigenvalue weighted by atomic mass is 127. The molecular formula is C20H32ClIN4O2S. The van der Waals surface area contributed by atoms with Crippen molar-refractivity contribution in [2.24, 2.45) is 4.99 Å². The highest BCUT2D eigenvalue weighted by Gasteiger charge is 2.32. The Morgan fingerprint density at radius 3 is 2.62 bits per heavy atom. The number of benzene rings is 1. The van der Waals surface area contributed by atoms with Crippen LogP contribution in [0.4, 0.5) is 0 Å². The predicted octanol–water partition coefficient (Wildman–Crippen LogP) is 2.79. The Kier molecular flexibility index (Phi) is 10.7. The smallest absolute Gasteiger partial charge is 0.194 e. The fourth-order valence-electron chi connectivity index (χ4n) is 3.38. The molecule has 2 N–H and O–H groups in total. The highest BCUT2D eigenvalue weighted by Crippen LogP contribution is 2.28. The van der Waals surface area contributed by atoms with Crippen molar-refractivity contribution in [2.75, 3.05) is 63.9 Å². The van der Waals surface area contributed by atoms with Crippen LogP contribution in [0.25, 0.3) is 0 Å². The second-order valence-electron chi connectivity index (χ2n) is 7.33. The van der Waals surface area contributed by atoms with Crippen LogP contribution in [0, 0.1) is 0 Å². The molecule has 1 unspecified atom stereocenters. The van der Waals surface area contributed by atoms with Crippen LogP contribution in [0.5, 0.6) is 5.75 Å². The summed E-state index contributed by atoms with van der Waals surface area (Å²) < 4.78 is 5.80. The molecule has 2 fully saturated rings. The van der Waals surface area contributed by atoms with E-state index in [1.165, 1.54) is 0 Å². The Morgan fingerprint density at radius 1 is 1.28 bits per heavy atom. The number of hydrogen-bond acceptors (Lipinski definition) is 5. The van der Waals surface area contributed by atoms with E-state index in [1.807, 2.05) is 36.0 Å². The summed E-state index contributed by atoms with van der Waals surface area (Å²) >= 11 is 7.71. The maximum atomic E-state index is 10.6. The lowest BCUT2D eigenvalue weighted by molar-refractivity contribution is 0.0772. The van der Waals surface area contributed by atoms with Crippen molar-refractivity contribution in [1.82, 2.24) is 15.1 Å². The maximum Gasteiger partial charge on any atom is 0.194 e. The van der Waals surface area contributed by atoms with Crippen molar-refractivity contribution in [1.29, 1.82) is 0 Å². The van der Waals surface area contributed by atoms with Gasteiger partial charge in [-0.2, -0.15) is 11.8 Å². The van der Waals surface area contributed by atoms with Gasteiger partial charge in [0.2, 0.25) is 0 Å². The molecule has 1 aromatic rings. The first-order valence-electron chi connectivity index (χ1n) is 10.0. The SMILES string of the molecule is CCNC(=NCC1(O)CCSC1)N1CCN(CCOc2ccc(Cl)cc2)CC1.I. The zero-order valence-corrected chi connectivity index (χ0v) is 20.9. The molecule has 0 aromatic heterocycles. The van der Waals surface area contributed by atoms with E-state index >= 15 is 0 Å². The molecule has 3 rings (SSSR count). The largest absolute Gasteiger partial charge is 0.492 e. The van der Waals surface area contributed by atoms with Crippen molar-refractivity contribution in [2.45, 2.75) is 18.9 Å². The lowest BCUT2D eigenvalue weighted by Crippen LogP contribution is -2.53. The molecule has 0 radical (unpaired) electrons. The normalized spacial score (nSPS) is 23.0. The van der Waals surface area contributed by atoms with Crippen LogP contribution in [0.15, 0.2) is 29.3 Å². The van der Waals surface area contributed by atoms with E-state index in [-0.39, 0.29) is 24.0 Å². The lowest BCUT2D eigenvalue weighted by Gasteiger charge is -2.36. The first-order valence-corrected chi connectivity index (χ1v) is 11.6. The topological polar surface area (TPSA) is 60.3 Å². The molecule has 6 nitrogen and oxygen atoms in total. The third kappa shape index (κ3) is 7.97. The molecule has 2 heterocycles. The number of halogens is 2. The quantitative estimate of drug-likeness (QED) is 0.307. The second-order valence-corrected chi connectivity index (χ2v) is 8.87. The molecule has 2 aliphatic rings. The number of ether oxygens (including phenoxy) is 1. The van der Waals surface area contributed by atoms with Crippen molar-refractivity contribution < 1.29 is 9.84 Å². The molecule has 2 saturated heterocycles. The molecule has 0 bridgehead atoms. The van der Waals surface area contributed by atoms with Gasteiger partial charge >= 0.3 is 0 Å². The van der Waals surface area contributed by atoms with Gasteiger partial charge in [0, 0.05) is 50.0 Å². The molecule has 0 amide bonds. The molecule has 164 valence electrons. The standard InChI is InChI=1S/C20H31ClN4O2S.HI/c1-2-22-19(23-15-20(26)7-14-28-16-20)25-10-8-24(9-11-25)12-13-27-18-5-3-17(21)4-6-18;/h3-6,26H,2,7-16H2,1H3,(H,22,23);1H. The summed E-state index contributed by atoms with van der Waals surface area (Å²) in [6.07, 6.45) is 0.835. The summed E-state index contributed by atoms with van der Waals surface area (Å²) in [6, 6.07) is 7.49. The Bertz CT molecular complexity index is 636. The molecule has 1 atom stereocenters. The molecular weight excluding hydrogens is 523 g/mol. The Hall–Kier alpha value is -0.420. The van der Waals surface area contributed by atoms with Gasteiger partial charge in [-0.25, -0.2) is 0 Å². The third-order valence-corrected chi connectivity index (χ3v) is 6.59. The number of aliphatic hydroxyl groups is 1. The summed E-state index contributed by atoms with van der Waals surface area (Å²) in [5.41, 5.74) is -0.633. The van der Waals surface area contributed by atoms with Gasteiger partial charge in [0.05, 0.1) is 12.1 Å². The molecule has 0 aliphatic carbocycles. The van der Waals surface area contributed by atoms with Crippen LogP contribution < -0.4 is 10.1 Å². The molecule has 1 aromatic carbocycles. The van der Waals surface area contributed by atoms with Crippen LogP contribution in [0.1, 0.15) is 13.3 Å². The number of hydrogen-bond donors (Lipinski definition) is 2. The van der Waals surface area contributed by atoms with E-state index in [0.717, 1.165) is 73.9 Å². The minimum Gasteiger partial charge on any atom is -0.492 e. The van der Waals surface area contributed by atoms with Crippen LogP contribution in [0.3, 0.4) is 0 Å². The average molecular weight is 555 g/mol. The van der Waals surface area contributed by atoms with Gasteiger partial charge < -0.3 is 20.1 Å². The van der Waals surface area contributed by atoms with E-state index in [4.69, 9.17) is 21.3 Å². The van der Waals surface area contributed by atoms with Gasteiger partial charge in [-0.3, -0.25) is 9.89 Å². The average Bonchev–Trinajstić information content (AvgIpc) is 3.14. The van der Waals surface area contributed by atoms with E-state index in [9.17, 15) is 5.11 Å². The van der Waals surface area contributed by atoms with Gasteiger partial charge in [-0.1, -0.05) is 11.6 Å². The number of aliphatic imine (C=N–C) groups is 1. The number of piperazine rings is 1. The summed E-state index contributed by atoms with van der Waals surface area (Å²) in [5, 5.41) is 14.7. The first kappa shape index (κ1) is 24.8. The van der Waals surface area contributed by atoms with E-state index < -0.39 is 5.60 Å². The zero-order valence-electron chi connectivity index (χ0n) is 17.0. The van der Waals surface area contributed by atoms with Crippen molar-refractivity contribution in [3.8, 4) is 5.75 Å². The monoisotopic (exact) mass is 554 g/mol. The Morgan fingerprint density at radius 2 is 2.00 bits per heavy atom. The van der Waals surface area contributed by atoms with Gasteiger partial charge in [-0.15, -0.1) is 24.0 Å². The number of thioether (sulfide) groups is 1. The first-order chi connectivity index (χ1) is 13.6. The molecule has 29 heavy (non-hydrogen) atoms. The Balaban J connectivity index is 0.00000300. The molecule has 0 saturated carbocycles. The fraction of sp³-hybridized carbons (Fsp3) is 0.650. The van der Waals surface area contributed by atoms with Gasteiger partial charge in [-0.05, 0) is 43.4 Å². The minimum absolute atomic E-state index is 0. The number of rotatable bonds is 7. The van der Waals surface area contributed by atoms with E-state index in [1.54, 1.807) is 0 Å². The predicted molar refractivity (Wildman–Crippen MR) is 133 cm³/mol. The lowest BCUT2D eigenvalue weighted by atomic mass is 10.0. The summed E-state index contributed by atoms with van der Waals surface area (Å²) in [6.45, 7) is 8.79. The Labute approximate surface area is 200 Å². The molecule has 2 aliphatic heterocycles. The van der Waals surface area contributed by atoms with Crippen LogP contribution in [-0.2, 0) is 0 Å².